The highest BCUT2D eigenvalue weighted by Gasteiger charge is 2.32. The summed E-state index contributed by atoms with van der Waals surface area (Å²) in [4.78, 5) is 54.4. The van der Waals surface area contributed by atoms with Crippen molar-refractivity contribution in [2.45, 2.75) is 71.1 Å². The number of aliphatic imine (C=N–C) groups is 1. The van der Waals surface area contributed by atoms with Crippen molar-refractivity contribution in [2.24, 2.45) is 34.0 Å². The van der Waals surface area contributed by atoms with Crippen LogP contribution in [0, 0.1) is 11.8 Å². The largest absolute Gasteiger partial charge is 0.480 e. The summed E-state index contributed by atoms with van der Waals surface area (Å²) < 4.78 is 0. The molecular weight excluding hydrogens is 478 g/mol. The van der Waals surface area contributed by atoms with E-state index >= 15 is 0 Å². The molecule has 1 aromatic carbocycles. The number of guanidine groups is 1. The number of aliphatic carboxylic acids is 1. The molecule has 0 saturated carbocycles. The summed E-state index contributed by atoms with van der Waals surface area (Å²) in [7, 11) is 0. The predicted molar refractivity (Wildman–Crippen MR) is 141 cm³/mol. The Kier molecular flexibility index (Phi) is 13.1. The molecule has 3 amide bonds. The number of carboxylic acids is 1. The van der Waals surface area contributed by atoms with Crippen LogP contribution in [0.5, 0.6) is 0 Å². The van der Waals surface area contributed by atoms with Gasteiger partial charge in [0.25, 0.3) is 0 Å². The standard InChI is InChI=1S/C25H41N7O5/c1-14(2)19(23(35)32-20(15(3)4)24(36)37)31-22(34)18(13-16-9-6-5-7-10-16)30-21(33)17(26)11-8-12-29-25(27)28/h5-7,9-10,14-15,17-20H,8,11-13,26H2,1-4H3,(H,30,33)(H,31,34)(H,32,35)(H,36,37)(H4,27,28,29). The van der Waals surface area contributed by atoms with Crippen LogP contribution in [-0.4, -0.2) is 65.5 Å². The van der Waals surface area contributed by atoms with Gasteiger partial charge in [0.2, 0.25) is 17.7 Å². The van der Waals surface area contributed by atoms with Gasteiger partial charge in [-0.25, -0.2) is 4.79 Å². The fourth-order valence-corrected chi connectivity index (χ4v) is 3.53. The first-order chi connectivity index (χ1) is 17.3. The first kappa shape index (κ1) is 31.4. The minimum Gasteiger partial charge on any atom is -0.480 e. The van der Waals surface area contributed by atoms with Crippen LogP contribution in [0.2, 0.25) is 0 Å². The lowest BCUT2D eigenvalue weighted by Gasteiger charge is -2.28. The molecule has 4 unspecified atom stereocenters. The van der Waals surface area contributed by atoms with E-state index in [1.807, 2.05) is 30.3 Å². The third-order valence-electron chi connectivity index (χ3n) is 5.70. The molecule has 1 aromatic rings. The van der Waals surface area contributed by atoms with E-state index in [0.29, 0.717) is 19.4 Å². The Balaban J connectivity index is 3.01. The van der Waals surface area contributed by atoms with Crippen LogP contribution in [0.1, 0.15) is 46.1 Å². The second kappa shape index (κ2) is 15.4. The highest BCUT2D eigenvalue weighted by molar-refractivity contribution is 5.94. The van der Waals surface area contributed by atoms with Gasteiger partial charge in [0, 0.05) is 13.0 Å². The zero-order valence-corrected chi connectivity index (χ0v) is 21.9. The maximum absolute atomic E-state index is 13.3. The van der Waals surface area contributed by atoms with Crippen molar-refractivity contribution in [2.75, 3.05) is 6.54 Å². The molecule has 0 fully saturated rings. The molecule has 0 aliphatic carbocycles. The van der Waals surface area contributed by atoms with Gasteiger partial charge in [0.05, 0.1) is 6.04 Å². The minimum absolute atomic E-state index is 0.0515. The average molecular weight is 520 g/mol. The number of carboxylic acid groups (broad SMARTS) is 1. The molecule has 0 bridgehead atoms. The van der Waals surface area contributed by atoms with Crippen molar-refractivity contribution in [1.82, 2.24) is 16.0 Å². The SMILES string of the molecule is CC(C)C(NC(=O)C(NC(=O)C(Cc1ccccc1)NC(=O)C(N)CCCN=C(N)N)C(C)C)C(=O)O. The second-order valence-electron chi connectivity index (χ2n) is 9.60. The number of carbonyl (C=O) groups excluding carboxylic acids is 3. The first-order valence-corrected chi connectivity index (χ1v) is 12.3. The smallest absolute Gasteiger partial charge is 0.326 e. The summed E-state index contributed by atoms with van der Waals surface area (Å²) in [5.41, 5.74) is 17.4. The number of amides is 3. The van der Waals surface area contributed by atoms with Crippen molar-refractivity contribution >= 4 is 29.7 Å². The number of hydrogen-bond donors (Lipinski definition) is 7. The molecule has 0 saturated heterocycles. The Morgan fingerprint density at radius 1 is 0.865 bits per heavy atom. The quantitative estimate of drug-likeness (QED) is 0.0905. The molecule has 0 spiro atoms. The molecule has 206 valence electrons. The molecule has 10 N–H and O–H groups in total. The van der Waals surface area contributed by atoms with Gasteiger partial charge in [-0.3, -0.25) is 19.4 Å². The van der Waals surface area contributed by atoms with Gasteiger partial charge in [0.15, 0.2) is 5.96 Å². The summed E-state index contributed by atoms with van der Waals surface area (Å²) in [6, 6.07) is 5.03. The van der Waals surface area contributed by atoms with E-state index in [4.69, 9.17) is 17.2 Å². The fourth-order valence-electron chi connectivity index (χ4n) is 3.53. The molecule has 12 heteroatoms. The number of nitrogens with zero attached hydrogens (tertiary/aromatic N) is 1. The Hall–Kier alpha value is -3.67. The van der Waals surface area contributed by atoms with Gasteiger partial charge < -0.3 is 38.3 Å². The van der Waals surface area contributed by atoms with Crippen LogP contribution in [0.25, 0.3) is 0 Å². The van der Waals surface area contributed by atoms with E-state index < -0.39 is 47.9 Å². The van der Waals surface area contributed by atoms with Crippen molar-refractivity contribution in [3.8, 4) is 0 Å². The molecule has 0 heterocycles. The highest BCUT2D eigenvalue weighted by Crippen LogP contribution is 2.09. The normalized spacial score (nSPS) is 14.2. The van der Waals surface area contributed by atoms with Gasteiger partial charge in [-0.1, -0.05) is 58.0 Å². The van der Waals surface area contributed by atoms with Crippen molar-refractivity contribution in [3.63, 3.8) is 0 Å². The maximum Gasteiger partial charge on any atom is 0.326 e. The zero-order chi connectivity index (χ0) is 28.1. The van der Waals surface area contributed by atoms with Gasteiger partial charge in [-0.2, -0.15) is 0 Å². The van der Waals surface area contributed by atoms with Crippen LogP contribution < -0.4 is 33.2 Å². The fraction of sp³-hybridized carbons (Fsp3) is 0.560. The number of carbonyl (C=O) groups is 4. The third kappa shape index (κ3) is 11.3. The molecule has 1 rings (SSSR count). The average Bonchev–Trinajstić information content (AvgIpc) is 2.82. The molecular formula is C25H41N7O5. The van der Waals surface area contributed by atoms with E-state index in [-0.39, 0.29) is 24.2 Å². The van der Waals surface area contributed by atoms with E-state index in [9.17, 15) is 24.3 Å². The summed E-state index contributed by atoms with van der Waals surface area (Å²) in [5.74, 6) is -3.66. The van der Waals surface area contributed by atoms with E-state index in [2.05, 4.69) is 20.9 Å². The number of rotatable bonds is 15. The Bertz CT molecular complexity index is 933. The lowest BCUT2D eigenvalue weighted by molar-refractivity contribution is -0.143. The maximum atomic E-state index is 13.3. The molecule has 0 aromatic heterocycles. The van der Waals surface area contributed by atoms with Crippen LogP contribution in [0.3, 0.4) is 0 Å². The topological polar surface area (TPSA) is 215 Å². The molecule has 0 aliphatic rings. The van der Waals surface area contributed by atoms with E-state index in [1.165, 1.54) is 0 Å². The number of benzene rings is 1. The molecule has 0 radical (unpaired) electrons. The van der Waals surface area contributed by atoms with Crippen LogP contribution in [0.4, 0.5) is 0 Å². The summed E-state index contributed by atoms with van der Waals surface area (Å²) in [5, 5.41) is 17.3. The van der Waals surface area contributed by atoms with Gasteiger partial charge >= 0.3 is 5.97 Å². The molecule has 0 aliphatic heterocycles. The Labute approximate surface area is 217 Å². The monoisotopic (exact) mass is 519 g/mol. The van der Waals surface area contributed by atoms with Crippen LogP contribution >= 0.6 is 0 Å². The highest BCUT2D eigenvalue weighted by atomic mass is 16.4. The van der Waals surface area contributed by atoms with E-state index in [0.717, 1.165) is 5.56 Å². The van der Waals surface area contributed by atoms with Crippen LogP contribution in [0.15, 0.2) is 35.3 Å². The van der Waals surface area contributed by atoms with E-state index in [1.54, 1.807) is 27.7 Å². The van der Waals surface area contributed by atoms with Gasteiger partial charge in [-0.05, 0) is 30.2 Å². The van der Waals surface area contributed by atoms with Crippen LogP contribution in [-0.2, 0) is 25.6 Å². The Morgan fingerprint density at radius 3 is 1.95 bits per heavy atom. The minimum atomic E-state index is -1.17. The summed E-state index contributed by atoms with van der Waals surface area (Å²) >= 11 is 0. The number of hydrogen-bond acceptors (Lipinski definition) is 6. The van der Waals surface area contributed by atoms with Gasteiger partial charge in [0.1, 0.15) is 18.1 Å². The lowest BCUT2D eigenvalue weighted by atomic mass is 9.99. The zero-order valence-electron chi connectivity index (χ0n) is 21.9. The lowest BCUT2D eigenvalue weighted by Crippen LogP contribution is -2.59. The van der Waals surface area contributed by atoms with Crippen molar-refractivity contribution in [1.29, 1.82) is 0 Å². The molecule has 12 nitrogen and oxygen atoms in total. The third-order valence-corrected chi connectivity index (χ3v) is 5.70. The first-order valence-electron chi connectivity index (χ1n) is 12.3. The predicted octanol–water partition coefficient (Wildman–Crippen LogP) is -0.539. The Morgan fingerprint density at radius 2 is 1.43 bits per heavy atom. The summed E-state index contributed by atoms with van der Waals surface area (Å²) in [6.45, 7) is 7.12. The van der Waals surface area contributed by atoms with Gasteiger partial charge in [-0.15, -0.1) is 0 Å². The van der Waals surface area contributed by atoms with Crippen molar-refractivity contribution in [3.05, 3.63) is 35.9 Å². The number of nitrogens with two attached hydrogens (primary N) is 3. The molecule has 37 heavy (non-hydrogen) atoms. The number of nitrogens with one attached hydrogen (secondary N) is 3. The van der Waals surface area contributed by atoms with Crippen molar-refractivity contribution < 1.29 is 24.3 Å². The molecule has 4 atom stereocenters. The second-order valence-corrected chi connectivity index (χ2v) is 9.60. The summed E-state index contributed by atoms with van der Waals surface area (Å²) in [6.07, 6.45) is 0.929.